The van der Waals surface area contributed by atoms with E-state index in [2.05, 4.69) is 58.0 Å². The second kappa shape index (κ2) is 4.13. The standard InChI is InChI=1S/C16H17/c1-11-8-9-15(14(4)10-11)16-12(2)6-5-7-13(16)3/h5-6,8-10H,1-4H3. The summed E-state index contributed by atoms with van der Waals surface area (Å²) in [5.74, 6) is 0. The summed E-state index contributed by atoms with van der Waals surface area (Å²) < 4.78 is 0. The first-order valence-electron chi connectivity index (χ1n) is 5.65. The molecule has 0 unspecified atom stereocenters. The highest BCUT2D eigenvalue weighted by Gasteiger charge is 2.07. The Kier molecular flexibility index (Phi) is 2.82. The van der Waals surface area contributed by atoms with Gasteiger partial charge in [-0.2, -0.15) is 0 Å². The fraction of sp³-hybridized carbons (Fsp3) is 0.250. The molecule has 0 aliphatic carbocycles. The quantitative estimate of drug-likeness (QED) is 0.653. The van der Waals surface area contributed by atoms with E-state index in [1.807, 2.05) is 6.07 Å². The molecule has 0 atom stereocenters. The normalized spacial score (nSPS) is 10.5. The molecule has 0 aliphatic heterocycles. The van der Waals surface area contributed by atoms with Crippen LogP contribution in [0, 0.1) is 33.8 Å². The molecule has 2 aromatic carbocycles. The third-order valence-corrected chi connectivity index (χ3v) is 3.05. The molecule has 0 aromatic heterocycles. The van der Waals surface area contributed by atoms with E-state index in [1.54, 1.807) is 0 Å². The summed E-state index contributed by atoms with van der Waals surface area (Å²) in [5.41, 5.74) is 7.87. The Bertz CT molecular complexity index is 501. The second-order valence-electron chi connectivity index (χ2n) is 4.48. The fourth-order valence-corrected chi connectivity index (χ4v) is 2.25. The number of hydrogen-bond acceptors (Lipinski definition) is 0. The maximum absolute atomic E-state index is 3.28. The summed E-state index contributed by atoms with van der Waals surface area (Å²) in [5, 5.41) is 0. The van der Waals surface area contributed by atoms with Gasteiger partial charge in [0.25, 0.3) is 0 Å². The van der Waals surface area contributed by atoms with Crippen LogP contribution >= 0.6 is 0 Å². The molecular formula is C16H17. The maximum Gasteiger partial charge on any atom is -0.0117 e. The number of benzene rings is 2. The van der Waals surface area contributed by atoms with Crippen molar-refractivity contribution in [3.05, 3.63) is 58.7 Å². The molecule has 0 spiro atoms. The average Bonchev–Trinajstić information content (AvgIpc) is 2.20. The molecule has 0 aliphatic rings. The molecule has 16 heavy (non-hydrogen) atoms. The van der Waals surface area contributed by atoms with E-state index in [0.717, 1.165) is 0 Å². The van der Waals surface area contributed by atoms with Crippen LogP contribution in [-0.2, 0) is 0 Å². The van der Waals surface area contributed by atoms with Crippen LogP contribution < -0.4 is 0 Å². The Labute approximate surface area is 97.9 Å². The van der Waals surface area contributed by atoms with E-state index in [1.165, 1.54) is 33.4 Å². The topological polar surface area (TPSA) is 0 Å². The highest BCUT2D eigenvalue weighted by Crippen LogP contribution is 2.29. The lowest BCUT2D eigenvalue weighted by atomic mass is 9.92. The zero-order chi connectivity index (χ0) is 11.7. The van der Waals surface area contributed by atoms with E-state index in [9.17, 15) is 0 Å². The van der Waals surface area contributed by atoms with Gasteiger partial charge >= 0.3 is 0 Å². The molecule has 0 amide bonds. The number of hydrogen-bond donors (Lipinski definition) is 0. The van der Waals surface area contributed by atoms with Crippen LogP contribution in [0.15, 0.2) is 30.3 Å². The van der Waals surface area contributed by atoms with Crippen molar-refractivity contribution >= 4 is 0 Å². The summed E-state index contributed by atoms with van der Waals surface area (Å²) in [6.07, 6.45) is 0. The Morgan fingerprint density at radius 2 is 1.62 bits per heavy atom. The number of rotatable bonds is 1. The fourth-order valence-electron chi connectivity index (χ4n) is 2.25. The van der Waals surface area contributed by atoms with Crippen molar-refractivity contribution in [3.8, 4) is 11.1 Å². The molecule has 0 heteroatoms. The summed E-state index contributed by atoms with van der Waals surface area (Å²) in [7, 11) is 0. The van der Waals surface area contributed by atoms with Gasteiger partial charge in [-0.1, -0.05) is 35.9 Å². The van der Waals surface area contributed by atoms with Crippen molar-refractivity contribution in [2.75, 3.05) is 0 Å². The minimum atomic E-state index is 1.23. The zero-order valence-corrected chi connectivity index (χ0v) is 10.4. The average molecular weight is 209 g/mol. The van der Waals surface area contributed by atoms with Crippen LogP contribution in [0.5, 0.6) is 0 Å². The molecule has 0 N–H and O–H groups in total. The van der Waals surface area contributed by atoms with Gasteiger partial charge in [0.1, 0.15) is 0 Å². The molecule has 0 saturated heterocycles. The molecule has 0 heterocycles. The Morgan fingerprint density at radius 3 is 2.25 bits per heavy atom. The highest BCUT2D eigenvalue weighted by atomic mass is 14.1. The summed E-state index contributed by atoms with van der Waals surface area (Å²) >= 11 is 0. The molecule has 0 saturated carbocycles. The van der Waals surface area contributed by atoms with Crippen LogP contribution in [0.25, 0.3) is 11.1 Å². The first kappa shape index (κ1) is 10.9. The molecule has 81 valence electrons. The second-order valence-corrected chi connectivity index (χ2v) is 4.48. The Morgan fingerprint density at radius 1 is 0.875 bits per heavy atom. The predicted molar refractivity (Wildman–Crippen MR) is 69.7 cm³/mol. The monoisotopic (exact) mass is 209 g/mol. The molecule has 2 aromatic rings. The number of aryl methyl sites for hydroxylation is 4. The minimum Gasteiger partial charge on any atom is -0.0587 e. The van der Waals surface area contributed by atoms with Gasteiger partial charge in [-0.15, -0.1) is 0 Å². The molecule has 1 radical (unpaired) electrons. The van der Waals surface area contributed by atoms with Crippen molar-refractivity contribution < 1.29 is 0 Å². The van der Waals surface area contributed by atoms with Gasteiger partial charge in [-0.25, -0.2) is 0 Å². The third-order valence-electron chi connectivity index (χ3n) is 3.05. The summed E-state index contributed by atoms with van der Waals surface area (Å²) in [4.78, 5) is 0. The van der Waals surface area contributed by atoms with Crippen LogP contribution in [0.2, 0.25) is 0 Å². The van der Waals surface area contributed by atoms with Crippen LogP contribution in [0.4, 0.5) is 0 Å². The zero-order valence-electron chi connectivity index (χ0n) is 10.4. The van der Waals surface area contributed by atoms with E-state index in [-0.39, 0.29) is 0 Å². The van der Waals surface area contributed by atoms with Gasteiger partial charge < -0.3 is 0 Å². The molecule has 0 bridgehead atoms. The first-order valence-corrected chi connectivity index (χ1v) is 5.65. The molecule has 0 nitrogen and oxygen atoms in total. The Balaban J connectivity index is 2.68. The third kappa shape index (κ3) is 1.88. The smallest absolute Gasteiger partial charge is 0.0117 e. The largest absolute Gasteiger partial charge is 0.0587 e. The van der Waals surface area contributed by atoms with Crippen molar-refractivity contribution in [1.29, 1.82) is 0 Å². The van der Waals surface area contributed by atoms with Crippen LogP contribution in [0.3, 0.4) is 0 Å². The predicted octanol–water partition coefficient (Wildman–Crippen LogP) is 4.39. The van der Waals surface area contributed by atoms with Gasteiger partial charge in [0.2, 0.25) is 0 Å². The van der Waals surface area contributed by atoms with Gasteiger partial charge in [-0.05, 0) is 61.6 Å². The lowest BCUT2D eigenvalue weighted by Crippen LogP contribution is -1.91. The SMILES string of the molecule is Cc1ccc(-c2c(C)[c]ccc2C)c(C)c1. The van der Waals surface area contributed by atoms with E-state index in [4.69, 9.17) is 0 Å². The van der Waals surface area contributed by atoms with Crippen LogP contribution in [0.1, 0.15) is 22.3 Å². The van der Waals surface area contributed by atoms with Gasteiger partial charge in [0.15, 0.2) is 0 Å². The van der Waals surface area contributed by atoms with Gasteiger partial charge in [-0.3, -0.25) is 0 Å². The van der Waals surface area contributed by atoms with Crippen molar-refractivity contribution in [2.24, 2.45) is 0 Å². The van der Waals surface area contributed by atoms with Gasteiger partial charge in [0.05, 0.1) is 0 Å². The van der Waals surface area contributed by atoms with E-state index >= 15 is 0 Å². The highest BCUT2D eigenvalue weighted by molar-refractivity contribution is 5.73. The molecule has 2 rings (SSSR count). The maximum atomic E-state index is 3.28. The van der Waals surface area contributed by atoms with E-state index in [0.29, 0.717) is 0 Å². The molecule has 0 fully saturated rings. The van der Waals surface area contributed by atoms with Crippen LogP contribution in [-0.4, -0.2) is 0 Å². The minimum absolute atomic E-state index is 1.23. The Hall–Kier alpha value is -1.56. The lowest BCUT2D eigenvalue weighted by molar-refractivity contribution is 1.33. The summed E-state index contributed by atoms with van der Waals surface area (Å²) in [6, 6.07) is 14.0. The van der Waals surface area contributed by atoms with E-state index < -0.39 is 0 Å². The van der Waals surface area contributed by atoms with Gasteiger partial charge in [0, 0.05) is 0 Å². The van der Waals surface area contributed by atoms with Crippen molar-refractivity contribution in [2.45, 2.75) is 27.7 Å². The van der Waals surface area contributed by atoms with Crippen molar-refractivity contribution in [1.82, 2.24) is 0 Å². The van der Waals surface area contributed by atoms with Crippen molar-refractivity contribution in [3.63, 3.8) is 0 Å². The first-order chi connectivity index (χ1) is 7.59. The lowest BCUT2D eigenvalue weighted by Gasteiger charge is -2.12. The summed E-state index contributed by atoms with van der Waals surface area (Å²) in [6.45, 7) is 8.60. The molecular weight excluding hydrogens is 192 g/mol.